The molecule has 176 valence electrons. The van der Waals surface area contributed by atoms with E-state index >= 15 is 0 Å². The van der Waals surface area contributed by atoms with Crippen LogP contribution in [0.4, 0.5) is 5.69 Å². The minimum absolute atomic E-state index is 0.117. The number of piperidine rings is 1. The van der Waals surface area contributed by atoms with Crippen molar-refractivity contribution in [3.05, 3.63) is 56.3 Å². The second-order valence-electron chi connectivity index (χ2n) is 8.28. The van der Waals surface area contributed by atoms with Gasteiger partial charge < -0.3 is 5.32 Å². The lowest BCUT2D eigenvalue weighted by Gasteiger charge is -2.30. The minimum atomic E-state index is -3.60. The second kappa shape index (κ2) is 9.17. The maximum absolute atomic E-state index is 13.0. The zero-order valence-electron chi connectivity index (χ0n) is 18.9. The second-order valence-corrected chi connectivity index (χ2v) is 11.5. The van der Waals surface area contributed by atoms with Crippen LogP contribution in [0.1, 0.15) is 51.2 Å². The van der Waals surface area contributed by atoms with Gasteiger partial charge in [0.2, 0.25) is 10.0 Å². The summed E-state index contributed by atoms with van der Waals surface area (Å²) in [6.07, 6.45) is 1.29. The minimum Gasteiger partial charge on any atom is -0.317 e. The number of nitrogens with zero attached hydrogens (tertiary/aromatic N) is 4. The van der Waals surface area contributed by atoms with Crippen molar-refractivity contribution in [3.8, 4) is 0 Å². The van der Waals surface area contributed by atoms with Gasteiger partial charge in [-0.1, -0.05) is 17.7 Å². The largest absolute Gasteiger partial charge is 0.317 e. The Morgan fingerprint density at radius 2 is 1.91 bits per heavy atom. The Morgan fingerprint density at radius 1 is 1.21 bits per heavy atom. The van der Waals surface area contributed by atoms with E-state index < -0.39 is 10.0 Å². The number of benzene rings is 1. The maximum Gasteiger partial charge on any atom is 0.275 e. The predicted octanol–water partition coefficient (Wildman–Crippen LogP) is 4.28. The van der Waals surface area contributed by atoms with Gasteiger partial charge in [0.25, 0.3) is 5.91 Å². The van der Waals surface area contributed by atoms with Crippen molar-refractivity contribution >= 4 is 44.6 Å². The Hall–Kier alpha value is -2.27. The Kier molecular flexibility index (Phi) is 6.63. The van der Waals surface area contributed by atoms with Crippen molar-refractivity contribution in [1.82, 2.24) is 19.1 Å². The van der Waals surface area contributed by atoms with Crippen molar-refractivity contribution < 1.29 is 13.2 Å². The fourth-order valence-electron chi connectivity index (χ4n) is 3.94. The SMILES string of the molecule is Cc1ccc(S(=O)(=O)N2CCC(c3nc(C(=O)Nc4c(C)nn(C)c4C)cs3)CC2)cc1Cl. The van der Waals surface area contributed by atoms with Crippen LogP contribution in [0.2, 0.25) is 5.02 Å². The Balaban J connectivity index is 1.41. The molecule has 0 atom stereocenters. The molecular weight excluding hydrogens is 482 g/mol. The molecule has 0 unspecified atom stereocenters. The molecule has 11 heteroatoms. The average Bonchev–Trinajstić information content (AvgIpc) is 3.37. The number of hydrogen-bond acceptors (Lipinski definition) is 6. The molecule has 1 fully saturated rings. The number of hydrogen-bond donors (Lipinski definition) is 1. The first-order chi connectivity index (χ1) is 15.6. The van der Waals surface area contributed by atoms with Crippen LogP contribution in [0.25, 0.3) is 0 Å². The normalized spacial score (nSPS) is 15.7. The quantitative estimate of drug-likeness (QED) is 0.556. The Bertz CT molecular complexity index is 1310. The molecule has 2 aromatic heterocycles. The summed E-state index contributed by atoms with van der Waals surface area (Å²) >= 11 is 7.57. The smallest absolute Gasteiger partial charge is 0.275 e. The number of sulfonamides is 1. The van der Waals surface area contributed by atoms with E-state index in [1.165, 1.54) is 21.7 Å². The van der Waals surface area contributed by atoms with Gasteiger partial charge >= 0.3 is 0 Å². The third-order valence-corrected chi connectivity index (χ3v) is 9.40. The van der Waals surface area contributed by atoms with Crippen molar-refractivity contribution in [2.24, 2.45) is 7.05 Å². The summed E-state index contributed by atoms with van der Waals surface area (Å²) in [5, 5.41) is 10.3. The molecule has 0 bridgehead atoms. The molecule has 1 N–H and O–H groups in total. The molecule has 1 aliphatic rings. The lowest BCUT2D eigenvalue weighted by molar-refractivity contribution is 0.102. The first-order valence-electron chi connectivity index (χ1n) is 10.6. The fourth-order valence-corrected chi connectivity index (χ4v) is 6.65. The monoisotopic (exact) mass is 507 g/mol. The molecular formula is C22H26ClN5O3S2. The number of aryl methyl sites for hydroxylation is 3. The van der Waals surface area contributed by atoms with Crippen molar-refractivity contribution in [2.45, 2.75) is 44.4 Å². The summed E-state index contributed by atoms with van der Waals surface area (Å²) in [5.74, 6) is -0.153. The number of aromatic nitrogens is 3. The molecule has 0 spiro atoms. The van der Waals surface area contributed by atoms with Crippen molar-refractivity contribution in [1.29, 1.82) is 0 Å². The zero-order chi connectivity index (χ0) is 23.9. The number of carbonyl (C=O) groups is 1. The van der Waals surface area contributed by atoms with Gasteiger partial charge in [-0.05, 0) is 51.3 Å². The Labute approximate surface area is 202 Å². The number of amides is 1. The molecule has 1 aromatic carbocycles. The van der Waals surface area contributed by atoms with Crippen LogP contribution in [-0.2, 0) is 17.1 Å². The summed E-state index contributed by atoms with van der Waals surface area (Å²) in [5.41, 5.74) is 3.53. The average molecular weight is 508 g/mol. The molecule has 0 aliphatic carbocycles. The van der Waals surface area contributed by atoms with Crippen LogP contribution in [0.5, 0.6) is 0 Å². The first kappa shape index (κ1) is 23.9. The molecule has 1 amide bonds. The Morgan fingerprint density at radius 3 is 2.52 bits per heavy atom. The van der Waals surface area contributed by atoms with Gasteiger partial charge in [0.05, 0.1) is 27.0 Å². The molecule has 1 saturated heterocycles. The van der Waals surface area contributed by atoms with Crippen LogP contribution in [0, 0.1) is 20.8 Å². The number of anilines is 1. The summed E-state index contributed by atoms with van der Waals surface area (Å²) in [6, 6.07) is 4.83. The summed E-state index contributed by atoms with van der Waals surface area (Å²) < 4.78 is 29.2. The summed E-state index contributed by atoms with van der Waals surface area (Å²) in [7, 11) is -1.76. The third kappa shape index (κ3) is 4.70. The van der Waals surface area contributed by atoms with E-state index in [-0.39, 0.29) is 16.7 Å². The molecule has 4 rings (SSSR count). The van der Waals surface area contributed by atoms with E-state index in [4.69, 9.17) is 11.6 Å². The maximum atomic E-state index is 13.0. The highest BCUT2D eigenvalue weighted by atomic mass is 35.5. The van der Waals surface area contributed by atoms with Crippen LogP contribution in [0.3, 0.4) is 0 Å². The highest BCUT2D eigenvalue weighted by Gasteiger charge is 2.31. The first-order valence-corrected chi connectivity index (χ1v) is 13.3. The lowest BCUT2D eigenvalue weighted by Crippen LogP contribution is -2.37. The predicted molar refractivity (Wildman–Crippen MR) is 130 cm³/mol. The molecule has 0 radical (unpaired) electrons. The van der Waals surface area contributed by atoms with Gasteiger partial charge in [-0.2, -0.15) is 9.40 Å². The number of halogens is 1. The van der Waals surface area contributed by atoms with E-state index in [9.17, 15) is 13.2 Å². The van der Waals surface area contributed by atoms with Crippen molar-refractivity contribution in [2.75, 3.05) is 18.4 Å². The van der Waals surface area contributed by atoms with Crippen LogP contribution < -0.4 is 5.32 Å². The molecule has 1 aliphatic heterocycles. The molecule has 3 aromatic rings. The van der Waals surface area contributed by atoms with E-state index in [2.05, 4.69) is 15.4 Å². The number of nitrogens with one attached hydrogen (secondary N) is 1. The highest BCUT2D eigenvalue weighted by Crippen LogP contribution is 2.33. The summed E-state index contributed by atoms with van der Waals surface area (Å²) in [4.78, 5) is 17.5. The van der Waals surface area contributed by atoms with Crippen LogP contribution in [0.15, 0.2) is 28.5 Å². The van der Waals surface area contributed by atoms with Gasteiger partial charge in [0, 0.05) is 36.5 Å². The molecule has 8 nitrogen and oxygen atoms in total. The van der Waals surface area contributed by atoms with Crippen LogP contribution in [-0.4, -0.2) is 46.5 Å². The van der Waals surface area contributed by atoms with Gasteiger partial charge in [0.15, 0.2) is 0 Å². The third-order valence-electron chi connectivity index (χ3n) is 6.09. The number of rotatable bonds is 5. The fraction of sp³-hybridized carbons (Fsp3) is 0.409. The van der Waals surface area contributed by atoms with Gasteiger partial charge in [0.1, 0.15) is 5.69 Å². The standard InChI is InChI=1S/C22H26ClN5O3S2/c1-13-5-6-17(11-18(13)23)33(30,31)28-9-7-16(8-10-28)22-24-19(12-32-22)21(29)25-20-14(2)26-27(4)15(20)3/h5-6,11-12,16H,7-10H2,1-4H3,(H,25,29). The highest BCUT2D eigenvalue weighted by molar-refractivity contribution is 7.89. The topological polar surface area (TPSA) is 97.2 Å². The lowest BCUT2D eigenvalue weighted by atomic mass is 9.99. The van der Waals surface area contributed by atoms with Gasteiger partial charge in [-0.25, -0.2) is 13.4 Å². The van der Waals surface area contributed by atoms with Crippen molar-refractivity contribution in [3.63, 3.8) is 0 Å². The molecule has 0 saturated carbocycles. The molecule has 33 heavy (non-hydrogen) atoms. The van der Waals surface area contributed by atoms with E-state index in [1.807, 2.05) is 27.8 Å². The number of thiazole rings is 1. The van der Waals surface area contributed by atoms with Crippen LogP contribution >= 0.6 is 22.9 Å². The van der Waals surface area contributed by atoms with Gasteiger partial charge in [-0.15, -0.1) is 11.3 Å². The molecule has 3 heterocycles. The van der Waals surface area contributed by atoms with Gasteiger partial charge in [-0.3, -0.25) is 9.48 Å². The van der Waals surface area contributed by atoms with E-state index in [1.54, 1.807) is 22.2 Å². The van der Waals surface area contributed by atoms with E-state index in [0.717, 1.165) is 22.0 Å². The number of carbonyl (C=O) groups excluding carboxylic acids is 1. The zero-order valence-corrected chi connectivity index (χ0v) is 21.3. The summed E-state index contributed by atoms with van der Waals surface area (Å²) in [6.45, 7) is 6.38. The van der Waals surface area contributed by atoms with E-state index in [0.29, 0.717) is 42.3 Å².